The fourth-order valence-electron chi connectivity index (χ4n) is 2.16. The van der Waals surface area contributed by atoms with E-state index in [0.29, 0.717) is 32.3 Å². The lowest BCUT2D eigenvalue weighted by Gasteiger charge is -2.11. The van der Waals surface area contributed by atoms with Gasteiger partial charge in [0.2, 0.25) is 0 Å². The first kappa shape index (κ1) is 18.0. The van der Waals surface area contributed by atoms with Crippen molar-refractivity contribution in [1.82, 2.24) is 14.8 Å². The van der Waals surface area contributed by atoms with E-state index in [-0.39, 0.29) is 10.8 Å². The molecule has 9 heteroatoms. The maximum atomic E-state index is 13.5. The zero-order chi connectivity index (χ0) is 18.0. The molecule has 0 amide bonds. The average Bonchev–Trinajstić information content (AvgIpc) is 2.99. The van der Waals surface area contributed by atoms with E-state index in [1.54, 1.807) is 28.8 Å². The van der Waals surface area contributed by atoms with E-state index in [2.05, 4.69) is 10.2 Å². The molecule has 0 saturated heterocycles. The zero-order valence-corrected chi connectivity index (χ0v) is 15.5. The maximum Gasteiger partial charge on any atom is 0.197 e. The molecule has 0 aliphatic heterocycles. The highest BCUT2D eigenvalue weighted by atomic mass is 35.5. The Labute approximate surface area is 162 Å². The Morgan fingerprint density at radius 1 is 1.08 bits per heavy atom. The summed E-state index contributed by atoms with van der Waals surface area (Å²) in [5.74, 6) is 0.0853. The molecular weight excluding hydrogens is 406 g/mol. The van der Waals surface area contributed by atoms with Gasteiger partial charge in [-0.25, -0.2) is 4.39 Å². The molecule has 0 atom stereocenters. The van der Waals surface area contributed by atoms with Gasteiger partial charge in [-0.2, -0.15) is 5.26 Å². The minimum absolute atomic E-state index is 0.0319. The van der Waals surface area contributed by atoms with Gasteiger partial charge in [0, 0.05) is 10.6 Å². The molecule has 0 saturated carbocycles. The van der Waals surface area contributed by atoms with Crippen molar-refractivity contribution in [2.45, 2.75) is 5.16 Å². The van der Waals surface area contributed by atoms with Crippen molar-refractivity contribution in [2.75, 3.05) is 5.75 Å². The second-order valence-corrected chi connectivity index (χ2v) is 7.00. The van der Waals surface area contributed by atoms with Crippen LogP contribution < -0.4 is 0 Å². The third kappa shape index (κ3) is 3.75. The fraction of sp³-hybridized carbons (Fsp3) is 0.0625. The van der Waals surface area contributed by atoms with Crippen molar-refractivity contribution in [1.29, 1.82) is 5.26 Å². The third-order valence-corrected chi connectivity index (χ3v) is 4.87. The van der Waals surface area contributed by atoms with E-state index < -0.39 is 5.82 Å². The van der Waals surface area contributed by atoms with Crippen molar-refractivity contribution in [3.05, 3.63) is 57.3 Å². The van der Waals surface area contributed by atoms with Crippen molar-refractivity contribution in [3.63, 3.8) is 0 Å². The van der Waals surface area contributed by atoms with Gasteiger partial charge < -0.3 is 0 Å². The van der Waals surface area contributed by atoms with Gasteiger partial charge in [0.15, 0.2) is 11.0 Å². The van der Waals surface area contributed by atoms with Crippen molar-refractivity contribution < 1.29 is 4.39 Å². The lowest BCUT2D eigenvalue weighted by molar-refractivity contribution is 0.627. The van der Waals surface area contributed by atoms with E-state index in [1.807, 2.05) is 6.07 Å². The number of benzene rings is 2. The molecule has 0 unspecified atom stereocenters. The number of aromatic nitrogens is 3. The van der Waals surface area contributed by atoms with Crippen LogP contribution in [0.2, 0.25) is 15.1 Å². The van der Waals surface area contributed by atoms with Gasteiger partial charge in [-0.3, -0.25) is 4.57 Å². The van der Waals surface area contributed by atoms with Crippen LogP contribution in [0.4, 0.5) is 4.39 Å². The first-order valence-corrected chi connectivity index (χ1v) is 8.99. The second-order valence-electron chi connectivity index (χ2n) is 4.81. The van der Waals surface area contributed by atoms with Gasteiger partial charge >= 0.3 is 0 Å². The SMILES string of the molecule is N#CCSc1nnc(-c2ccc(Cl)cc2Cl)n1-c1ccc(F)c(Cl)c1. The average molecular weight is 414 g/mol. The lowest BCUT2D eigenvalue weighted by Crippen LogP contribution is -2.01. The summed E-state index contributed by atoms with van der Waals surface area (Å²) in [6, 6.07) is 11.3. The molecule has 1 heterocycles. The molecule has 126 valence electrons. The van der Waals surface area contributed by atoms with Crippen LogP contribution in [0.15, 0.2) is 41.6 Å². The van der Waals surface area contributed by atoms with Crippen molar-refractivity contribution in [3.8, 4) is 23.1 Å². The van der Waals surface area contributed by atoms with E-state index in [9.17, 15) is 4.39 Å². The normalized spacial score (nSPS) is 10.7. The van der Waals surface area contributed by atoms with Crippen LogP contribution in [0.1, 0.15) is 0 Å². The fourth-order valence-corrected chi connectivity index (χ4v) is 3.44. The van der Waals surface area contributed by atoms with Crippen LogP contribution in [0.25, 0.3) is 17.1 Å². The molecule has 3 rings (SSSR count). The summed E-state index contributed by atoms with van der Waals surface area (Å²) in [6.07, 6.45) is 0. The summed E-state index contributed by atoms with van der Waals surface area (Å²) in [4.78, 5) is 0. The molecule has 0 fully saturated rings. The first-order valence-electron chi connectivity index (χ1n) is 6.87. The molecule has 0 bridgehead atoms. The summed E-state index contributed by atoms with van der Waals surface area (Å²) in [6.45, 7) is 0. The molecule has 0 aliphatic rings. The van der Waals surface area contributed by atoms with Crippen LogP contribution in [0.5, 0.6) is 0 Å². The van der Waals surface area contributed by atoms with Crippen LogP contribution in [0, 0.1) is 17.1 Å². The minimum Gasteiger partial charge on any atom is -0.270 e. The van der Waals surface area contributed by atoms with Gasteiger partial charge in [-0.15, -0.1) is 10.2 Å². The molecule has 0 aliphatic carbocycles. The Bertz CT molecular complexity index is 984. The highest BCUT2D eigenvalue weighted by molar-refractivity contribution is 7.99. The summed E-state index contributed by atoms with van der Waals surface area (Å²) >= 11 is 19.3. The standard InChI is InChI=1S/C16H8Cl3FN4S/c17-9-1-3-11(12(18)7-9)15-22-23-16(25-6-5-21)24(15)10-2-4-14(20)13(19)8-10/h1-4,7-8H,6H2. The monoisotopic (exact) mass is 412 g/mol. The van der Waals surface area contributed by atoms with Gasteiger partial charge in [0.1, 0.15) is 5.82 Å². The summed E-state index contributed by atoms with van der Waals surface area (Å²) < 4.78 is 15.2. The van der Waals surface area contributed by atoms with Crippen LogP contribution in [0.3, 0.4) is 0 Å². The largest absolute Gasteiger partial charge is 0.270 e. The predicted octanol–water partition coefficient (Wildman–Crippen LogP) is 5.65. The zero-order valence-electron chi connectivity index (χ0n) is 12.4. The topological polar surface area (TPSA) is 54.5 Å². The second kappa shape index (κ2) is 7.63. The Morgan fingerprint density at radius 2 is 1.88 bits per heavy atom. The molecule has 0 N–H and O–H groups in total. The molecule has 4 nitrogen and oxygen atoms in total. The molecule has 25 heavy (non-hydrogen) atoms. The van der Waals surface area contributed by atoms with Gasteiger partial charge in [-0.05, 0) is 36.4 Å². The smallest absolute Gasteiger partial charge is 0.197 e. The van der Waals surface area contributed by atoms with E-state index in [4.69, 9.17) is 40.1 Å². The highest BCUT2D eigenvalue weighted by Gasteiger charge is 2.19. The first-order chi connectivity index (χ1) is 12.0. The predicted molar refractivity (Wildman–Crippen MR) is 98.1 cm³/mol. The number of nitrogens with zero attached hydrogens (tertiary/aromatic N) is 4. The molecule has 3 aromatic rings. The van der Waals surface area contributed by atoms with E-state index in [1.165, 1.54) is 23.9 Å². The van der Waals surface area contributed by atoms with Gasteiger partial charge in [0.05, 0.1) is 27.6 Å². The molecule has 0 spiro atoms. The maximum absolute atomic E-state index is 13.5. The molecule has 2 aromatic carbocycles. The highest BCUT2D eigenvalue weighted by Crippen LogP contribution is 2.34. The number of thioether (sulfide) groups is 1. The van der Waals surface area contributed by atoms with Crippen molar-refractivity contribution in [2.24, 2.45) is 0 Å². The third-order valence-electron chi connectivity index (χ3n) is 3.23. The lowest BCUT2D eigenvalue weighted by atomic mass is 10.2. The summed E-state index contributed by atoms with van der Waals surface area (Å²) in [5.41, 5.74) is 1.15. The van der Waals surface area contributed by atoms with E-state index in [0.717, 1.165) is 0 Å². The molecule has 0 radical (unpaired) electrons. The number of halogens is 4. The summed E-state index contributed by atoms with van der Waals surface area (Å²) in [5, 5.41) is 18.4. The summed E-state index contributed by atoms with van der Waals surface area (Å²) in [7, 11) is 0. The van der Waals surface area contributed by atoms with Crippen LogP contribution >= 0.6 is 46.6 Å². The Balaban J connectivity index is 2.21. The molecule has 1 aromatic heterocycles. The van der Waals surface area contributed by atoms with E-state index >= 15 is 0 Å². The van der Waals surface area contributed by atoms with Crippen molar-refractivity contribution >= 4 is 46.6 Å². The minimum atomic E-state index is -0.532. The quantitative estimate of drug-likeness (QED) is 0.519. The van der Waals surface area contributed by atoms with Crippen LogP contribution in [-0.4, -0.2) is 20.5 Å². The number of hydrogen-bond donors (Lipinski definition) is 0. The number of hydrogen-bond acceptors (Lipinski definition) is 4. The Morgan fingerprint density at radius 3 is 2.56 bits per heavy atom. The molecular formula is C16H8Cl3FN4S. The number of nitriles is 1. The Hall–Kier alpha value is -1.78. The van der Waals surface area contributed by atoms with Gasteiger partial charge in [-0.1, -0.05) is 46.6 Å². The number of rotatable bonds is 4. The Kier molecular flexibility index (Phi) is 5.50. The van der Waals surface area contributed by atoms with Crippen LogP contribution in [-0.2, 0) is 0 Å². The van der Waals surface area contributed by atoms with Gasteiger partial charge in [0.25, 0.3) is 0 Å².